The summed E-state index contributed by atoms with van der Waals surface area (Å²) in [5.41, 5.74) is 1.05. The lowest BCUT2D eigenvalue weighted by Crippen LogP contribution is -2.44. The number of amides is 1. The number of piperidine rings is 1. The maximum Gasteiger partial charge on any atom is 0.258 e. The van der Waals surface area contributed by atoms with Gasteiger partial charge in [-0.3, -0.25) is 14.7 Å². The van der Waals surface area contributed by atoms with E-state index in [4.69, 9.17) is 9.47 Å². The third-order valence-corrected chi connectivity index (χ3v) is 4.77. The second kappa shape index (κ2) is 8.81. The highest BCUT2D eigenvalue weighted by atomic mass is 19.1. The molecular weight excluding hydrogens is 349 g/mol. The SMILES string of the molecule is COc1ccc(F)c(C(=O)NC2CCN(Cc3cccnc3)CC2)c1OC. The number of likely N-dealkylation sites (tertiary alicyclic amines) is 1. The van der Waals surface area contributed by atoms with E-state index in [2.05, 4.69) is 21.3 Å². The lowest BCUT2D eigenvalue weighted by molar-refractivity contribution is 0.0901. The van der Waals surface area contributed by atoms with E-state index in [0.29, 0.717) is 5.75 Å². The van der Waals surface area contributed by atoms with E-state index < -0.39 is 11.7 Å². The van der Waals surface area contributed by atoms with Crippen molar-refractivity contribution in [2.45, 2.75) is 25.4 Å². The molecule has 1 aliphatic rings. The minimum atomic E-state index is -0.626. The van der Waals surface area contributed by atoms with Gasteiger partial charge in [0.15, 0.2) is 11.5 Å². The number of hydrogen-bond acceptors (Lipinski definition) is 5. The number of ether oxygens (including phenoxy) is 2. The second-order valence-corrected chi connectivity index (χ2v) is 6.54. The van der Waals surface area contributed by atoms with Crippen LogP contribution in [0.1, 0.15) is 28.8 Å². The topological polar surface area (TPSA) is 63.7 Å². The van der Waals surface area contributed by atoms with Gasteiger partial charge in [-0.25, -0.2) is 4.39 Å². The molecule has 144 valence electrons. The Morgan fingerprint density at radius 3 is 2.67 bits per heavy atom. The summed E-state index contributed by atoms with van der Waals surface area (Å²) < 4.78 is 24.6. The minimum Gasteiger partial charge on any atom is -0.493 e. The molecule has 27 heavy (non-hydrogen) atoms. The van der Waals surface area contributed by atoms with Crippen molar-refractivity contribution in [1.82, 2.24) is 15.2 Å². The van der Waals surface area contributed by atoms with E-state index in [-0.39, 0.29) is 17.4 Å². The fraction of sp³-hybridized carbons (Fsp3) is 0.400. The van der Waals surface area contributed by atoms with Gasteiger partial charge < -0.3 is 14.8 Å². The summed E-state index contributed by atoms with van der Waals surface area (Å²) in [6.07, 6.45) is 5.24. The number of aromatic nitrogens is 1. The third kappa shape index (κ3) is 4.54. The molecule has 1 saturated heterocycles. The lowest BCUT2D eigenvalue weighted by atomic mass is 10.0. The van der Waals surface area contributed by atoms with Crippen LogP contribution in [-0.2, 0) is 6.54 Å². The van der Waals surface area contributed by atoms with Gasteiger partial charge in [0.2, 0.25) is 0 Å². The molecular formula is C20H24FN3O3. The quantitative estimate of drug-likeness (QED) is 0.843. The monoisotopic (exact) mass is 373 g/mol. The predicted molar refractivity (Wildman–Crippen MR) is 99.5 cm³/mol. The second-order valence-electron chi connectivity index (χ2n) is 6.54. The molecule has 6 nitrogen and oxygen atoms in total. The minimum absolute atomic E-state index is 0.00189. The molecule has 1 aliphatic heterocycles. The van der Waals surface area contributed by atoms with Crippen LogP contribution in [0.4, 0.5) is 4.39 Å². The van der Waals surface area contributed by atoms with E-state index in [0.717, 1.165) is 32.5 Å². The molecule has 7 heteroatoms. The van der Waals surface area contributed by atoms with Crippen LogP contribution in [0.3, 0.4) is 0 Å². The van der Waals surface area contributed by atoms with Gasteiger partial charge in [-0.1, -0.05) is 6.07 Å². The number of nitrogens with one attached hydrogen (secondary N) is 1. The van der Waals surface area contributed by atoms with Crippen LogP contribution in [0.25, 0.3) is 0 Å². The molecule has 2 aromatic rings. The van der Waals surface area contributed by atoms with Crippen LogP contribution in [0, 0.1) is 5.82 Å². The summed E-state index contributed by atoms with van der Waals surface area (Å²) in [4.78, 5) is 19.1. The fourth-order valence-electron chi connectivity index (χ4n) is 3.36. The number of carbonyl (C=O) groups is 1. The third-order valence-electron chi connectivity index (χ3n) is 4.77. The Morgan fingerprint density at radius 1 is 1.26 bits per heavy atom. The van der Waals surface area contributed by atoms with E-state index in [1.54, 1.807) is 6.20 Å². The van der Waals surface area contributed by atoms with Crippen molar-refractivity contribution >= 4 is 5.91 Å². The molecule has 0 unspecified atom stereocenters. The van der Waals surface area contributed by atoms with Gasteiger partial charge in [0.05, 0.1) is 14.2 Å². The van der Waals surface area contributed by atoms with Crippen molar-refractivity contribution in [3.05, 3.63) is 53.6 Å². The zero-order valence-corrected chi connectivity index (χ0v) is 15.6. The van der Waals surface area contributed by atoms with Crippen LogP contribution in [0.15, 0.2) is 36.7 Å². The molecule has 0 atom stereocenters. The largest absolute Gasteiger partial charge is 0.493 e. The highest BCUT2D eigenvalue weighted by Crippen LogP contribution is 2.33. The number of halogens is 1. The van der Waals surface area contributed by atoms with Crippen molar-refractivity contribution in [2.75, 3.05) is 27.3 Å². The van der Waals surface area contributed by atoms with Crippen LogP contribution >= 0.6 is 0 Å². The van der Waals surface area contributed by atoms with Crippen LogP contribution < -0.4 is 14.8 Å². The van der Waals surface area contributed by atoms with Crippen molar-refractivity contribution in [1.29, 1.82) is 0 Å². The summed E-state index contributed by atoms with van der Waals surface area (Å²) >= 11 is 0. The first-order chi connectivity index (χ1) is 13.1. The number of rotatable bonds is 6. The molecule has 3 rings (SSSR count). The Morgan fingerprint density at radius 2 is 2.04 bits per heavy atom. The first-order valence-corrected chi connectivity index (χ1v) is 8.95. The zero-order chi connectivity index (χ0) is 19.2. The summed E-state index contributed by atoms with van der Waals surface area (Å²) in [5.74, 6) is -0.660. The lowest BCUT2D eigenvalue weighted by Gasteiger charge is -2.32. The molecule has 0 saturated carbocycles. The first kappa shape index (κ1) is 19.1. The molecule has 0 aliphatic carbocycles. The van der Waals surface area contributed by atoms with Crippen LogP contribution in [0.2, 0.25) is 0 Å². The van der Waals surface area contributed by atoms with Crippen LogP contribution in [0.5, 0.6) is 11.5 Å². The molecule has 0 radical (unpaired) electrons. The molecule has 1 N–H and O–H groups in total. The van der Waals surface area contributed by atoms with Gasteiger partial charge in [-0.15, -0.1) is 0 Å². The van der Waals surface area contributed by atoms with Gasteiger partial charge >= 0.3 is 0 Å². The van der Waals surface area contributed by atoms with Gasteiger partial charge in [-0.2, -0.15) is 0 Å². The number of pyridine rings is 1. The summed E-state index contributed by atoms with van der Waals surface area (Å²) in [6, 6.07) is 6.64. The van der Waals surface area contributed by atoms with E-state index in [1.165, 1.54) is 31.9 Å². The number of benzene rings is 1. The van der Waals surface area contributed by atoms with Crippen molar-refractivity contribution in [2.24, 2.45) is 0 Å². The number of carbonyl (C=O) groups excluding carboxylic acids is 1. The van der Waals surface area contributed by atoms with E-state index >= 15 is 0 Å². The molecule has 1 aromatic heterocycles. The average molecular weight is 373 g/mol. The van der Waals surface area contributed by atoms with E-state index in [9.17, 15) is 9.18 Å². The number of hydrogen-bond donors (Lipinski definition) is 1. The normalized spacial score (nSPS) is 15.4. The fourth-order valence-corrected chi connectivity index (χ4v) is 3.36. The molecule has 1 fully saturated rings. The smallest absolute Gasteiger partial charge is 0.258 e. The van der Waals surface area contributed by atoms with E-state index in [1.807, 2.05) is 12.3 Å². The summed E-state index contributed by atoms with van der Waals surface area (Å²) in [5, 5.41) is 2.93. The Labute approximate surface area is 158 Å². The average Bonchev–Trinajstić information content (AvgIpc) is 2.69. The molecule has 2 heterocycles. The number of methoxy groups -OCH3 is 2. The maximum absolute atomic E-state index is 14.3. The molecule has 0 spiro atoms. The van der Waals surface area contributed by atoms with Crippen molar-refractivity contribution < 1.29 is 18.7 Å². The summed E-state index contributed by atoms with van der Waals surface area (Å²) in [7, 11) is 2.85. The standard InChI is InChI=1S/C20H24FN3O3/c1-26-17-6-5-16(21)18(19(17)27-2)20(25)23-15-7-10-24(11-8-15)13-14-4-3-9-22-12-14/h3-6,9,12,15H,7-8,10-11,13H2,1-2H3,(H,23,25). The van der Waals surface area contributed by atoms with Gasteiger partial charge in [0, 0.05) is 38.1 Å². The first-order valence-electron chi connectivity index (χ1n) is 8.95. The van der Waals surface area contributed by atoms with Gasteiger partial charge in [-0.05, 0) is 36.6 Å². The van der Waals surface area contributed by atoms with Gasteiger partial charge in [0.25, 0.3) is 5.91 Å². The van der Waals surface area contributed by atoms with Crippen molar-refractivity contribution in [3.63, 3.8) is 0 Å². The predicted octanol–water partition coefficient (Wildman–Crippen LogP) is 2.63. The van der Waals surface area contributed by atoms with Gasteiger partial charge in [0.1, 0.15) is 11.4 Å². The molecule has 1 aromatic carbocycles. The summed E-state index contributed by atoms with van der Waals surface area (Å²) in [6.45, 7) is 2.56. The maximum atomic E-state index is 14.3. The van der Waals surface area contributed by atoms with Crippen molar-refractivity contribution in [3.8, 4) is 11.5 Å². The number of nitrogens with zero attached hydrogens (tertiary/aromatic N) is 2. The zero-order valence-electron chi connectivity index (χ0n) is 15.6. The highest BCUT2D eigenvalue weighted by Gasteiger charge is 2.26. The molecule has 0 bridgehead atoms. The Bertz CT molecular complexity index is 778. The Balaban J connectivity index is 1.60. The highest BCUT2D eigenvalue weighted by molar-refractivity contribution is 5.98. The molecule has 1 amide bonds. The Kier molecular flexibility index (Phi) is 6.24. The van der Waals surface area contributed by atoms with Crippen LogP contribution in [-0.4, -0.2) is 49.1 Å². The Hall–Kier alpha value is -2.67.